The number of nitrogens with one attached hydrogen (secondary N) is 3. The SMILES string of the molecule is CC(=O)Nc1cccc(NC(=O)c2cc(C)nc(NC3CCCCC3)n2)c1. The van der Waals surface area contributed by atoms with E-state index in [9.17, 15) is 9.59 Å². The monoisotopic (exact) mass is 367 g/mol. The molecule has 7 heteroatoms. The normalized spacial score (nSPS) is 14.4. The summed E-state index contributed by atoms with van der Waals surface area (Å²) in [5, 5.41) is 8.88. The molecule has 0 unspecified atom stereocenters. The zero-order chi connectivity index (χ0) is 19.2. The van der Waals surface area contributed by atoms with Crippen molar-refractivity contribution in [2.45, 2.75) is 52.0 Å². The molecule has 0 bridgehead atoms. The van der Waals surface area contributed by atoms with E-state index in [1.807, 2.05) is 6.92 Å². The zero-order valence-electron chi connectivity index (χ0n) is 15.7. The van der Waals surface area contributed by atoms with Crippen molar-refractivity contribution in [3.8, 4) is 0 Å². The van der Waals surface area contributed by atoms with Crippen molar-refractivity contribution in [2.75, 3.05) is 16.0 Å². The Morgan fingerprint density at radius 1 is 1.00 bits per heavy atom. The van der Waals surface area contributed by atoms with Gasteiger partial charge in [-0.05, 0) is 44.0 Å². The third-order valence-corrected chi connectivity index (χ3v) is 4.47. The summed E-state index contributed by atoms with van der Waals surface area (Å²) in [5.74, 6) is 0.0227. The van der Waals surface area contributed by atoms with Gasteiger partial charge in [-0.1, -0.05) is 25.3 Å². The molecule has 1 aromatic carbocycles. The van der Waals surface area contributed by atoms with Crippen LogP contribution in [0, 0.1) is 6.92 Å². The molecule has 7 nitrogen and oxygen atoms in total. The molecule has 0 radical (unpaired) electrons. The molecule has 0 aliphatic heterocycles. The summed E-state index contributed by atoms with van der Waals surface area (Å²) in [5.41, 5.74) is 2.26. The van der Waals surface area contributed by atoms with Crippen LogP contribution in [-0.4, -0.2) is 27.8 Å². The van der Waals surface area contributed by atoms with E-state index < -0.39 is 0 Å². The quantitative estimate of drug-likeness (QED) is 0.748. The van der Waals surface area contributed by atoms with Crippen molar-refractivity contribution in [2.24, 2.45) is 0 Å². The molecule has 1 aromatic heterocycles. The fraction of sp³-hybridized carbons (Fsp3) is 0.400. The Bertz CT molecular complexity index is 831. The lowest BCUT2D eigenvalue weighted by Gasteiger charge is -2.23. The van der Waals surface area contributed by atoms with Gasteiger partial charge in [0.2, 0.25) is 11.9 Å². The number of benzene rings is 1. The fourth-order valence-corrected chi connectivity index (χ4v) is 3.25. The van der Waals surface area contributed by atoms with Gasteiger partial charge in [0.05, 0.1) is 0 Å². The predicted octanol–water partition coefficient (Wildman–Crippen LogP) is 3.74. The van der Waals surface area contributed by atoms with Gasteiger partial charge >= 0.3 is 0 Å². The molecule has 2 aromatic rings. The molecule has 1 aliphatic rings. The number of anilines is 3. The van der Waals surface area contributed by atoms with Crippen LogP contribution in [0.1, 0.15) is 55.2 Å². The Labute approximate surface area is 159 Å². The second-order valence-electron chi connectivity index (χ2n) is 6.91. The maximum atomic E-state index is 12.6. The molecule has 0 saturated heterocycles. The number of rotatable bonds is 5. The van der Waals surface area contributed by atoms with Crippen molar-refractivity contribution in [1.82, 2.24) is 9.97 Å². The summed E-state index contributed by atoms with van der Waals surface area (Å²) in [7, 11) is 0. The molecule has 142 valence electrons. The van der Waals surface area contributed by atoms with Gasteiger partial charge in [-0.2, -0.15) is 0 Å². The molecule has 27 heavy (non-hydrogen) atoms. The van der Waals surface area contributed by atoms with Crippen LogP contribution in [-0.2, 0) is 4.79 Å². The van der Waals surface area contributed by atoms with E-state index in [4.69, 9.17) is 0 Å². The Morgan fingerprint density at radius 3 is 2.41 bits per heavy atom. The van der Waals surface area contributed by atoms with E-state index in [0.717, 1.165) is 18.5 Å². The first-order valence-electron chi connectivity index (χ1n) is 9.31. The molecular weight excluding hydrogens is 342 g/mol. The molecule has 1 saturated carbocycles. The zero-order valence-corrected chi connectivity index (χ0v) is 15.7. The standard InChI is InChI=1S/C20H25N5O2/c1-13-11-18(25-20(21-13)24-15-7-4-3-5-8-15)19(27)23-17-10-6-9-16(12-17)22-14(2)26/h6,9-12,15H,3-5,7-8H2,1-2H3,(H,22,26)(H,23,27)(H,21,24,25). The first-order valence-corrected chi connectivity index (χ1v) is 9.31. The molecule has 0 spiro atoms. The minimum Gasteiger partial charge on any atom is -0.351 e. The van der Waals surface area contributed by atoms with Crippen molar-refractivity contribution < 1.29 is 9.59 Å². The van der Waals surface area contributed by atoms with Crippen LogP contribution in [0.3, 0.4) is 0 Å². The lowest BCUT2D eigenvalue weighted by atomic mass is 9.96. The Morgan fingerprint density at radius 2 is 1.70 bits per heavy atom. The topological polar surface area (TPSA) is 96.0 Å². The number of aryl methyl sites for hydroxylation is 1. The molecular formula is C20H25N5O2. The van der Waals surface area contributed by atoms with Gasteiger partial charge in [0.25, 0.3) is 5.91 Å². The highest BCUT2D eigenvalue weighted by Gasteiger charge is 2.16. The maximum Gasteiger partial charge on any atom is 0.274 e. The highest BCUT2D eigenvalue weighted by atomic mass is 16.2. The smallest absolute Gasteiger partial charge is 0.274 e. The van der Waals surface area contributed by atoms with Crippen molar-refractivity contribution in [3.63, 3.8) is 0 Å². The molecule has 1 aliphatic carbocycles. The predicted molar refractivity (Wildman–Crippen MR) is 106 cm³/mol. The molecule has 1 heterocycles. The van der Waals surface area contributed by atoms with Gasteiger partial charge in [0.15, 0.2) is 0 Å². The number of hydrogen-bond donors (Lipinski definition) is 3. The van der Waals surface area contributed by atoms with E-state index >= 15 is 0 Å². The summed E-state index contributed by atoms with van der Waals surface area (Å²) in [6.07, 6.45) is 5.91. The lowest BCUT2D eigenvalue weighted by molar-refractivity contribution is -0.114. The average Bonchev–Trinajstić information content (AvgIpc) is 2.62. The van der Waals surface area contributed by atoms with E-state index in [1.165, 1.54) is 26.2 Å². The molecule has 3 rings (SSSR count). The first kappa shape index (κ1) is 18.8. The Hall–Kier alpha value is -2.96. The van der Waals surface area contributed by atoms with Crippen LogP contribution in [0.5, 0.6) is 0 Å². The first-order chi connectivity index (χ1) is 13.0. The van der Waals surface area contributed by atoms with Crippen LogP contribution in [0.4, 0.5) is 17.3 Å². The molecule has 2 amide bonds. The average molecular weight is 367 g/mol. The largest absolute Gasteiger partial charge is 0.351 e. The second kappa shape index (κ2) is 8.62. The highest BCUT2D eigenvalue weighted by Crippen LogP contribution is 2.21. The number of carbonyl (C=O) groups excluding carboxylic acids is 2. The van der Waals surface area contributed by atoms with Gasteiger partial charge in [0, 0.05) is 30.0 Å². The molecule has 3 N–H and O–H groups in total. The molecule has 0 atom stereocenters. The van der Waals surface area contributed by atoms with E-state index in [0.29, 0.717) is 29.1 Å². The number of carbonyl (C=O) groups is 2. The third kappa shape index (κ3) is 5.51. The van der Waals surface area contributed by atoms with Crippen LogP contribution in [0.25, 0.3) is 0 Å². The second-order valence-corrected chi connectivity index (χ2v) is 6.91. The van der Waals surface area contributed by atoms with E-state index in [-0.39, 0.29) is 11.8 Å². The Balaban J connectivity index is 1.71. The number of aromatic nitrogens is 2. The number of hydrogen-bond acceptors (Lipinski definition) is 5. The fourth-order valence-electron chi connectivity index (χ4n) is 3.25. The highest BCUT2D eigenvalue weighted by molar-refractivity contribution is 6.03. The van der Waals surface area contributed by atoms with Gasteiger partial charge in [-0.3, -0.25) is 9.59 Å². The van der Waals surface area contributed by atoms with Crippen molar-refractivity contribution in [3.05, 3.63) is 41.7 Å². The van der Waals surface area contributed by atoms with E-state index in [2.05, 4.69) is 25.9 Å². The van der Waals surface area contributed by atoms with Gasteiger partial charge in [-0.25, -0.2) is 9.97 Å². The Kier molecular flexibility index (Phi) is 6.01. The van der Waals surface area contributed by atoms with Crippen LogP contribution in [0.2, 0.25) is 0 Å². The molecule has 1 fully saturated rings. The van der Waals surface area contributed by atoms with Crippen molar-refractivity contribution >= 4 is 29.1 Å². The number of amides is 2. The van der Waals surface area contributed by atoms with Crippen LogP contribution in [0.15, 0.2) is 30.3 Å². The van der Waals surface area contributed by atoms with Crippen LogP contribution < -0.4 is 16.0 Å². The van der Waals surface area contributed by atoms with Crippen molar-refractivity contribution in [1.29, 1.82) is 0 Å². The minimum atomic E-state index is -0.313. The number of nitrogens with zero attached hydrogens (tertiary/aromatic N) is 2. The minimum absolute atomic E-state index is 0.164. The van der Waals surface area contributed by atoms with Gasteiger partial charge in [0.1, 0.15) is 5.69 Å². The summed E-state index contributed by atoms with van der Waals surface area (Å²) in [4.78, 5) is 32.6. The lowest BCUT2D eigenvalue weighted by Crippen LogP contribution is -2.24. The maximum absolute atomic E-state index is 12.6. The van der Waals surface area contributed by atoms with Gasteiger partial charge < -0.3 is 16.0 Å². The van der Waals surface area contributed by atoms with E-state index in [1.54, 1.807) is 30.3 Å². The third-order valence-electron chi connectivity index (χ3n) is 4.47. The van der Waals surface area contributed by atoms with Crippen LogP contribution >= 0.6 is 0 Å². The van der Waals surface area contributed by atoms with Gasteiger partial charge in [-0.15, -0.1) is 0 Å². The summed E-state index contributed by atoms with van der Waals surface area (Å²) in [6.45, 7) is 3.29. The summed E-state index contributed by atoms with van der Waals surface area (Å²) < 4.78 is 0. The summed E-state index contributed by atoms with van der Waals surface area (Å²) >= 11 is 0. The summed E-state index contributed by atoms with van der Waals surface area (Å²) in [6, 6.07) is 9.03.